The SMILES string of the molecule is O=C(CCCCCC(=O)OCCCOCC1CO1)OCCCOCC1CO1. The maximum absolute atomic E-state index is 11.6. The predicted molar refractivity (Wildman–Crippen MR) is 95.4 cm³/mol. The van der Waals surface area contributed by atoms with E-state index >= 15 is 0 Å². The summed E-state index contributed by atoms with van der Waals surface area (Å²) >= 11 is 0. The number of ether oxygens (including phenoxy) is 6. The third-order valence-corrected chi connectivity index (χ3v) is 4.07. The van der Waals surface area contributed by atoms with Gasteiger partial charge in [-0.3, -0.25) is 9.59 Å². The molecule has 156 valence electrons. The summed E-state index contributed by atoms with van der Waals surface area (Å²) in [6.45, 7) is 4.76. The zero-order chi connectivity index (χ0) is 19.2. The van der Waals surface area contributed by atoms with E-state index in [4.69, 9.17) is 28.4 Å². The van der Waals surface area contributed by atoms with Crippen LogP contribution in [0.1, 0.15) is 44.9 Å². The largest absolute Gasteiger partial charge is 0.466 e. The van der Waals surface area contributed by atoms with E-state index in [0.29, 0.717) is 65.3 Å². The van der Waals surface area contributed by atoms with E-state index < -0.39 is 0 Å². The van der Waals surface area contributed by atoms with Crippen LogP contribution < -0.4 is 0 Å². The molecule has 2 aliphatic heterocycles. The zero-order valence-corrected chi connectivity index (χ0v) is 16.0. The summed E-state index contributed by atoms with van der Waals surface area (Å²) in [6, 6.07) is 0. The van der Waals surface area contributed by atoms with Crippen molar-refractivity contribution in [2.24, 2.45) is 0 Å². The summed E-state index contributed by atoms with van der Waals surface area (Å²) in [5.41, 5.74) is 0. The summed E-state index contributed by atoms with van der Waals surface area (Å²) in [5.74, 6) is -0.389. The first-order valence-electron chi connectivity index (χ1n) is 9.94. The van der Waals surface area contributed by atoms with E-state index in [1.165, 1.54) is 0 Å². The third kappa shape index (κ3) is 13.6. The molecule has 2 aliphatic rings. The Morgan fingerprint density at radius 1 is 0.667 bits per heavy atom. The molecule has 0 aliphatic carbocycles. The van der Waals surface area contributed by atoms with Gasteiger partial charge in [0.25, 0.3) is 0 Å². The van der Waals surface area contributed by atoms with E-state index in [9.17, 15) is 9.59 Å². The first-order valence-corrected chi connectivity index (χ1v) is 9.94. The number of epoxide rings is 2. The van der Waals surface area contributed by atoms with Crippen LogP contribution in [0, 0.1) is 0 Å². The minimum absolute atomic E-state index is 0.195. The lowest BCUT2D eigenvalue weighted by Gasteiger charge is -2.06. The van der Waals surface area contributed by atoms with Crippen molar-refractivity contribution in [3.63, 3.8) is 0 Å². The lowest BCUT2D eigenvalue weighted by atomic mass is 10.1. The molecule has 0 N–H and O–H groups in total. The Balaban J connectivity index is 1.26. The second-order valence-corrected chi connectivity index (χ2v) is 6.77. The van der Waals surface area contributed by atoms with Crippen molar-refractivity contribution in [2.75, 3.05) is 52.9 Å². The molecule has 2 fully saturated rings. The second kappa shape index (κ2) is 13.9. The van der Waals surface area contributed by atoms with Crippen LogP contribution in [0.15, 0.2) is 0 Å². The molecule has 0 aromatic heterocycles. The van der Waals surface area contributed by atoms with E-state index in [-0.39, 0.29) is 24.1 Å². The standard InChI is InChI=1S/C19H32O8/c20-18(24-10-4-8-22-12-16-14-26-16)6-2-1-3-7-19(21)25-11-5-9-23-13-17-15-27-17/h16-17H,1-15H2. The molecule has 0 saturated carbocycles. The van der Waals surface area contributed by atoms with Crippen LogP contribution in [0.4, 0.5) is 0 Å². The third-order valence-electron chi connectivity index (χ3n) is 4.07. The minimum Gasteiger partial charge on any atom is -0.466 e. The Hall–Kier alpha value is -1.22. The van der Waals surface area contributed by atoms with Gasteiger partial charge in [-0.05, 0) is 12.8 Å². The molecule has 0 radical (unpaired) electrons. The summed E-state index contributed by atoms with van der Waals surface area (Å²) in [4.78, 5) is 23.1. The first kappa shape index (κ1) is 22.1. The van der Waals surface area contributed by atoms with Gasteiger partial charge in [0, 0.05) is 38.9 Å². The van der Waals surface area contributed by atoms with Crippen LogP contribution in [0.5, 0.6) is 0 Å². The smallest absolute Gasteiger partial charge is 0.305 e. The molecule has 0 spiro atoms. The summed E-state index contributed by atoms with van der Waals surface area (Å²) in [7, 11) is 0. The van der Waals surface area contributed by atoms with E-state index in [1.54, 1.807) is 0 Å². The molecule has 8 heteroatoms. The number of rotatable bonds is 18. The normalized spacial score (nSPS) is 20.3. The molecular weight excluding hydrogens is 356 g/mol. The molecule has 8 nitrogen and oxygen atoms in total. The van der Waals surface area contributed by atoms with Gasteiger partial charge in [0.2, 0.25) is 0 Å². The van der Waals surface area contributed by atoms with Gasteiger partial charge in [-0.15, -0.1) is 0 Å². The van der Waals surface area contributed by atoms with Crippen LogP contribution in [-0.2, 0) is 38.0 Å². The summed E-state index contributed by atoms with van der Waals surface area (Å²) in [6.07, 6.45) is 4.95. The highest BCUT2D eigenvalue weighted by Gasteiger charge is 2.22. The van der Waals surface area contributed by atoms with Gasteiger partial charge in [-0.2, -0.15) is 0 Å². The number of carbonyl (C=O) groups excluding carboxylic acids is 2. The maximum atomic E-state index is 11.6. The number of hydrogen-bond acceptors (Lipinski definition) is 8. The average Bonchev–Trinajstić information content (AvgIpc) is 3.55. The predicted octanol–water partition coefficient (Wildman–Crippen LogP) is 1.63. The molecule has 27 heavy (non-hydrogen) atoms. The van der Waals surface area contributed by atoms with Crippen molar-refractivity contribution in [1.29, 1.82) is 0 Å². The Morgan fingerprint density at radius 2 is 1.11 bits per heavy atom. The Morgan fingerprint density at radius 3 is 1.52 bits per heavy atom. The zero-order valence-electron chi connectivity index (χ0n) is 16.0. The fraction of sp³-hybridized carbons (Fsp3) is 0.895. The molecule has 0 bridgehead atoms. The molecule has 0 amide bonds. The van der Waals surface area contributed by atoms with Gasteiger partial charge in [0.05, 0.1) is 39.6 Å². The number of carbonyl (C=O) groups is 2. The van der Waals surface area contributed by atoms with Crippen LogP contribution in [0.2, 0.25) is 0 Å². The highest BCUT2D eigenvalue weighted by atomic mass is 16.6. The van der Waals surface area contributed by atoms with Crippen molar-refractivity contribution >= 4 is 11.9 Å². The van der Waals surface area contributed by atoms with Crippen molar-refractivity contribution in [2.45, 2.75) is 57.2 Å². The molecule has 2 atom stereocenters. The molecule has 2 unspecified atom stereocenters. The van der Waals surface area contributed by atoms with Gasteiger partial charge in [0.1, 0.15) is 12.2 Å². The molecule has 2 heterocycles. The van der Waals surface area contributed by atoms with Crippen LogP contribution >= 0.6 is 0 Å². The quantitative estimate of drug-likeness (QED) is 0.199. The lowest BCUT2D eigenvalue weighted by Crippen LogP contribution is -2.10. The first-order chi connectivity index (χ1) is 13.2. The number of unbranched alkanes of at least 4 members (excludes halogenated alkanes) is 2. The van der Waals surface area contributed by atoms with Crippen molar-refractivity contribution < 1.29 is 38.0 Å². The average molecular weight is 388 g/mol. The van der Waals surface area contributed by atoms with Crippen molar-refractivity contribution in [3.8, 4) is 0 Å². The molecular formula is C19H32O8. The van der Waals surface area contributed by atoms with Gasteiger partial charge >= 0.3 is 11.9 Å². The Bertz CT molecular complexity index is 382. The Labute approximate surface area is 160 Å². The van der Waals surface area contributed by atoms with Gasteiger partial charge in [-0.1, -0.05) is 6.42 Å². The summed E-state index contributed by atoms with van der Waals surface area (Å²) < 4.78 is 31.0. The lowest BCUT2D eigenvalue weighted by molar-refractivity contribution is -0.144. The Kier molecular flexibility index (Phi) is 11.3. The monoisotopic (exact) mass is 388 g/mol. The van der Waals surface area contributed by atoms with E-state index in [1.807, 2.05) is 0 Å². The van der Waals surface area contributed by atoms with Crippen molar-refractivity contribution in [1.82, 2.24) is 0 Å². The maximum Gasteiger partial charge on any atom is 0.305 e. The van der Waals surface area contributed by atoms with Crippen LogP contribution in [0.25, 0.3) is 0 Å². The highest BCUT2D eigenvalue weighted by Crippen LogP contribution is 2.09. The summed E-state index contributed by atoms with van der Waals surface area (Å²) in [5, 5.41) is 0. The number of esters is 2. The van der Waals surface area contributed by atoms with Gasteiger partial charge < -0.3 is 28.4 Å². The molecule has 2 saturated heterocycles. The molecule has 0 aromatic carbocycles. The number of hydrogen-bond donors (Lipinski definition) is 0. The molecule has 2 rings (SSSR count). The van der Waals surface area contributed by atoms with Crippen LogP contribution in [0.3, 0.4) is 0 Å². The molecule has 0 aromatic rings. The van der Waals surface area contributed by atoms with E-state index in [2.05, 4.69) is 0 Å². The van der Waals surface area contributed by atoms with Gasteiger partial charge in [0.15, 0.2) is 0 Å². The fourth-order valence-corrected chi connectivity index (χ4v) is 2.31. The van der Waals surface area contributed by atoms with E-state index in [0.717, 1.165) is 32.5 Å². The highest BCUT2D eigenvalue weighted by molar-refractivity contribution is 5.69. The minimum atomic E-state index is -0.195. The van der Waals surface area contributed by atoms with Crippen molar-refractivity contribution in [3.05, 3.63) is 0 Å². The topological polar surface area (TPSA) is 96.1 Å². The van der Waals surface area contributed by atoms with Crippen LogP contribution in [-0.4, -0.2) is 77.0 Å². The van der Waals surface area contributed by atoms with Gasteiger partial charge in [-0.25, -0.2) is 0 Å². The second-order valence-electron chi connectivity index (χ2n) is 6.77. The fourth-order valence-electron chi connectivity index (χ4n) is 2.31.